The molecule has 1 aromatic carbocycles. The van der Waals surface area contributed by atoms with Gasteiger partial charge in [0, 0.05) is 24.4 Å². The Bertz CT molecular complexity index is 606. The zero-order valence-electron chi connectivity index (χ0n) is 11.3. The molecule has 20 heavy (non-hydrogen) atoms. The van der Waals surface area contributed by atoms with Crippen LogP contribution >= 0.6 is 24.0 Å². The van der Waals surface area contributed by atoms with Crippen molar-refractivity contribution in [2.24, 2.45) is 5.73 Å². The summed E-state index contributed by atoms with van der Waals surface area (Å²) in [6.07, 6.45) is 0.887. The maximum Gasteiger partial charge on any atom is 0.243 e. The molecule has 1 heterocycles. The van der Waals surface area contributed by atoms with Gasteiger partial charge in [-0.3, -0.25) is 0 Å². The number of thioether (sulfide) groups is 1. The topological polar surface area (TPSA) is 63.4 Å². The van der Waals surface area contributed by atoms with E-state index < -0.39 is 10.0 Å². The van der Waals surface area contributed by atoms with Gasteiger partial charge in [-0.1, -0.05) is 24.4 Å². The summed E-state index contributed by atoms with van der Waals surface area (Å²) in [4.78, 5) is 0.530. The van der Waals surface area contributed by atoms with E-state index in [0.717, 1.165) is 23.5 Å². The lowest BCUT2D eigenvalue weighted by Crippen LogP contribution is -2.33. The van der Waals surface area contributed by atoms with Crippen molar-refractivity contribution < 1.29 is 8.42 Å². The van der Waals surface area contributed by atoms with Crippen molar-refractivity contribution in [3.63, 3.8) is 0 Å². The Kier molecular flexibility index (Phi) is 5.06. The quantitative estimate of drug-likeness (QED) is 0.856. The minimum atomic E-state index is -3.47. The monoisotopic (exact) mass is 330 g/mol. The van der Waals surface area contributed by atoms with Crippen LogP contribution in [0.2, 0.25) is 0 Å². The van der Waals surface area contributed by atoms with Crippen molar-refractivity contribution >= 4 is 39.0 Å². The van der Waals surface area contributed by atoms with Crippen molar-refractivity contribution in [1.29, 1.82) is 0 Å². The summed E-state index contributed by atoms with van der Waals surface area (Å²) >= 11 is 6.73. The molecule has 0 aromatic heterocycles. The van der Waals surface area contributed by atoms with Crippen LogP contribution in [0.25, 0.3) is 0 Å². The Morgan fingerprint density at radius 3 is 2.80 bits per heavy atom. The molecule has 1 aliphatic rings. The van der Waals surface area contributed by atoms with Crippen LogP contribution in [0.3, 0.4) is 0 Å². The van der Waals surface area contributed by atoms with Crippen molar-refractivity contribution in [1.82, 2.24) is 4.31 Å². The molecule has 4 nitrogen and oxygen atoms in total. The average Bonchev–Trinajstić information content (AvgIpc) is 2.68. The second-order valence-electron chi connectivity index (χ2n) is 4.71. The lowest BCUT2D eigenvalue weighted by molar-refractivity contribution is 0.434. The smallest absolute Gasteiger partial charge is 0.243 e. The van der Waals surface area contributed by atoms with E-state index in [0.29, 0.717) is 23.5 Å². The number of rotatable bonds is 3. The second-order valence-corrected chi connectivity index (χ2v) is 8.29. The summed E-state index contributed by atoms with van der Waals surface area (Å²) < 4.78 is 27.1. The molecule has 1 aromatic rings. The first-order valence-corrected chi connectivity index (χ1v) is 9.41. The minimum Gasteiger partial charge on any atom is -0.389 e. The van der Waals surface area contributed by atoms with E-state index in [1.807, 2.05) is 0 Å². The fourth-order valence-corrected chi connectivity index (χ4v) is 4.99. The van der Waals surface area contributed by atoms with Gasteiger partial charge in [0.1, 0.15) is 4.99 Å². The first-order chi connectivity index (χ1) is 9.43. The molecular formula is C13H18N2O2S3. The Morgan fingerprint density at radius 2 is 2.10 bits per heavy atom. The standard InChI is InChI=1S/C13H18N2O2S3/c1-10-3-4-11(13(14)18)9-12(10)20(16,17)15-5-2-7-19-8-6-15/h3-4,9H,2,5-8H2,1H3,(H2,14,18). The van der Waals surface area contributed by atoms with E-state index in [9.17, 15) is 8.42 Å². The highest BCUT2D eigenvalue weighted by Gasteiger charge is 2.27. The van der Waals surface area contributed by atoms with Crippen molar-refractivity contribution in [3.05, 3.63) is 29.3 Å². The number of nitrogens with two attached hydrogens (primary N) is 1. The maximum atomic E-state index is 12.8. The minimum absolute atomic E-state index is 0.216. The van der Waals surface area contributed by atoms with Gasteiger partial charge >= 0.3 is 0 Å². The van der Waals surface area contributed by atoms with E-state index in [1.165, 1.54) is 0 Å². The number of aryl methyl sites for hydroxylation is 1. The van der Waals surface area contributed by atoms with Gasteiger partial charge in [0.2, 0.25) is 10.0 Å². The molecule has 0 saturated carbocycles. The molecule has 0 amide bonds. The number of hydrogen-bond acceptors (Lipinski definition) is 4. The highest BCUT2D eigenvalue weighted by atomic mass is 32.2. The van der Waals surface area contributed by atoms with Crippen LogP contribution in [-0.4, -0.2) is 42.3 Å². The Balaban J connectivity index is 2.42. The van der Waals surface area contributed by atoms with Crippen LogP contribution in [-0.2, 0) is 10.0 Å². The highest BCUT2D eigenvalue weighted by molar-refractivity contribution is 7.99. The molecule has 0 unspecified atom stereocenters. The third kappa shape index (κ3) is 3.33. The van der Waals surface area contributed by atoms with E-state index in [-0.39, 0.29) is 4.99 Å². The first kappa shape index (κ1) is 15.8. The molecule has 0 atom stereocenters. The first-order valence-electron chi connectivity index (χ1n) is 6.41. The number of nitrogens with zero attached hydrogens (tertiary/aromatic N) is 1. The van der Waals surface area contributed by atoms with Crippen LogP contribution in [0, 0.1) is 6.92 Å². The molecule has 0 aliphatic carbocycles. The molecule has 110 valence electrons. The van der Waals surface area contributed by atoms with E-state index >= 15 is 0 Å². The van der Waals surface area contributed by atoms with Crippen LogP contribution in [0.15, 0.2) is 23.1 Å². The van der Waals surface area contributed by atoms with Gasteiger partial charge in [-0.05, 0) is 30.7 Å². The molecule has 2 rings (SSSR count). The van der Waals surface area contributed by atoms with Crippen LogP contribution < -0.4 is 5.73 Å². The van der Waals surface area contributed by atoms with Gasteiger partial charge in [0.15, 0.2) is 0 Å². The van der Waals surface area contributed by atoms with Gasteiger partial charge in [-0.2, -0.15) is 16.1 Å². The summed E-state index contributed by atoms with van der Waals surface area (Å²) in [6, 6.07) is 5.11. The fraction of sp³-hybridized carbons (Fsp3) is 0.462. The fourth-order valence-electron chi connectivity index (χ4n) is 2.13. The predicted octanol–water partition coefficient (Wildman–Crippen LogP) is 1.76. The number of benzene rings is 1. The summed E-state index contributed by atoms with van der Waals surface area (Å²) in [7, 11) is -3.47. The Labute approximate surface area is 129 Å². The largest absolute Gasteiger partial charge is 0.389 e. The SMILES string of the molecule is Cc1ccc(C(N)=S)cc1S(=O)(=O)N1CCCSCC1. The Morgan fingerprint density at radius 1 is 1.35 bits per heavy atom. The molecule has 0 bridgehead atoms. The van der Waals surface area contributed by atoms with Crippen LogP contribution in [0.1, 0.15) is 17.5 Å². The molecular weight excluding hydrogens is 312 g/mol. The highest BCUT2D eigenvalue weighted by Crippen LogP contribution is 2.23. The third-order valence-corrected chi connectivity index (χ3v) is 6.60. The summed E-state index contributed by atoms with van der Waals surface area (Å²) in [5, 5.41) is 0. The molecule has 1 saturated heterocycles. The number of sulfonamides is 1. The third-order valence-electron chi connectivity index (χ3n) is 3.27. The average molecular weight is 331 g/mol. The predicted molar refractivity (Wildman–Crippen MR) is 87.8 cm³/mol. The van der Waals surface area contributed by atoms with Crippen LogP contribution in [0.5, 0.6) is 0 Å². The van der Waals surface area contributed by atoms with Gasteiger partial charge < -0.3 is 5.73 Å². The van der Waals surface area contributed by atoms with E-state index in [2.05, 4.69) is 0 Å². The van der Waals surface area contributed by atoms with Crippen molar-refractivity contribution in [3.8, 4) is 0 Å². The molecule has 0 radical (unpaired) electrons. The molecule has 1 fully saturated rings. The van der Waals surface area contributed by atoms with Gasteiger partial charge in [-0.25, -0.2) is 8.42 Å². The van der Waals surface area contributed by atoms with Crippen molar-refractivity contribution in [2.75, 3.05) is 24.6 Å². The van der Waals surface area contributed by atoms with Crippen molar-refractivity contribution in [2.45, 2.75) is 18.2 Å². The Hall–Kier alpha value is -0.630. The van der Waals surface area contributed by atoms with E-state index in [1.54, 1.807) is 41.2 Å². The zero-order chi connectivity index (χ0) is 14.8. The van der Waals surface area contributed by atoms with Gasteiger partial charge in [0.25, 0.3) is 0 Å². The molecule has 0 spiro atoms. The van der Waals surface area contributed by atoms with Gasteiger partial charge in [0.05, 0.1) is 4.90 Å². The maximum absolute atomic E-state index is 12.8. The molecule has 2 N–H and O–H groups in total. The molecule has 7 heteroatoms. The summed E-state index contributed by atoms with van der Waals surface area (Å²) in [5.74, 6) is 1.85. The summed E-state index contributed by atoms with van der Waals surface area (Å²) in [5.41, 5.74) is 6.91. The zero-order valence-corrected chi connectivity index (χ0v) is 13.8. The number of thiocarbonyl (C=S) groups is 1. The van der Waals surface area contributed by atoms with Crippen LogP contribution in [0.4, 0.5) is 0 Å². The number of hydrogen-bond donors (Lipinski definition) is 1. The van der Waals surface area contributed by atoms with Gasteiger partial charge in [-0.15, -0.1) is 0 Å². The van der Waals surface area contributed by atoms with E-state index in [4.69, 9.17) is 18.0 Å². The second kappa shape index (κ2) is 6.43. The normalized spacial score (nSPS) is 17.6. The lowest BCUT2D eigenvalue weighted by atomic mass is 10.1. The lowest BCUT2D eigenvalue weighted by Gasteiger charge is -2.21. The summed E-state index contributed by atoms with van der Waals surface area (Å²) in [6.45, 7) is 2.93. The molecule has 1 aliphatic heterocycles.